The number of nitrogens with zero attached hydrogens (tertiary/aromatic N) is 2. The van der Waals surface area contributed by atoms with Crippen molar-refractivity contribution in [1.82, 2.24) is 20.4 Å². The zero-order valence-electron chi connectivity index (χ0n) is 22.8. The molecule has 10 heteroatoms. The summed E-state index contributed by atoms with van der Waals surface area (Å²) in [5, 5.41) is 9.44. The molecule has 2 N–H and O–H groups in total. The molecule has 3 rings (SSSR count). The van der Waals surface area contributed by atoms with Gasteiger partial charge in [-0.1, -0.05) is 88.4 Å². The lowest BCUT2D eigenvalue weighted by molar-refractivity contribution is -0.124. The Bertz CT molecular complexity index is 1280. The highest BCUT2D eigenvalue weighted by molar-refractivity contribution is 5.99. The molecule has 0 radical (unpaired) electrons. The standard InChI is InChI=1S/C29H36N4O6/c1-19(2)15-23(25(34)27-32-33(29(37)39-27)17-21-11-7-5-8-12-21)30-26(35)24(16-20(3)4)31-28(36)38-18-22-13-9-6-10-14-22/h5-14,19-20,23-24H,15-18H2,1-4H3,(H,30,35)(H,31,36)/t23-,24-/m0/s1. The summed E-state index contributed by atoms with van der Waals surface area (Å²) in [4.78, 5) is 51.4. The minimum Gasteiger partial charge on any atom is -0.445 e. The fourth-order valence-electron chi connectivity index (χ4n) is 4.00. The zero-order valence-corrected chi connectivity index (χ0v) is 22.8. The number of hydrogen-bond acceptors (Lipinski definition) is 7. The van der Waals surface area contributed by atoms with Gasteiger partial charge in [0.2, 0.25) is 11.7 Å². The molecule has 2 atom stereocenters. The lowest BCUT2D eigenvalue weighted by Gasteiger charge is -2.24. The summed E-state index contributed by atoms with van der Waals surface area (Å²) in [6, 6.07) is 16.4. The molecule has 0 fully saturated rings. The lowest BCUT2D eigenvalue weighted by atomic mass is 9.98. The van der Waals surface area contributed by atoms with Crippen LogP contribution < -0.4 is 16.4 Å². The van der Waals surface area contributed by atoms with Gasteiger partial charge in [-0.2, -0.15) is 4.68 Å². The third kappa shape index (κ3) is 9.24. The van der Waals surface area contributed by atoms with Crippen LogP contribution in [0.3, 0.4) is 0 Å². The maximum absolute atomic E-state index is 13.3. The number of hydrogen-bond donors (Lipinski definition) is 2. The van der Waals surface area contributed by atoms with Crippen LogP contribution in [0.4, 0.5) is 4.79 Å². The Hall–Kier alpha value is -4.21. The molecule has 2 aromatic carbocycles. The van der Waals surface area contributed by atoms with Crippen LogP contribution in [-0.2, 0) is 22.7 Å². The van der Waals surface area contributed by atoms with E-state index in [-0.39, 0.29) is 37.3 Å². The predicted octanol–water partition coefficient (Wildman–Crippen LogP) is 3.94. The zero-order chi connectivity index (χ0) is 28.4. The van der Waals surface area contributed by atoms with E-state index in [0.717, 1.165) is 15.8 Å². The molecular formula is C29H36N4O6. The fraction of sp³-hybridized carbons (Fsp3) is 0.414. The van der Waals surface area contributed by atoms with E-state index in [4.69, 9.17) is 9.15 Å². The number of carbonyl (C=O) groups excluding carboxylic acids is 3. The maximum atomic E-state index is 13.3. The summed E-state index contributed by atoms with van der Waals surface area (Å²) in [6.07, 6.45) is -0.125. The number of Topliss-reactive ketones (excluding diaryl/α,β-unsaturated/α-hetero) is 1. The number of ketones is 1. The van der Waals surface area contributed by atoms with Crippen LogP contribution in [0.2, 0.25) is 0 Å². The van der Waals surface area contributed by atoms with E-state index in [9.17, 15) is 19.2 Å². The molecule has 0 saturated heterocycles. The van der Waals surface area contributed by atoms with Crippen LogP contribution in [0, 0.1) is 11.8 Å². The average molecular weight is 537 g/mol. The van der Waals surface area contributed by atoms with Crippen LogP contribution in [0.25, 0.3) is 0 Å². The van der Waals surface area contributed by atoms with E-state index >= 15 is 0 Å². The first-order valence-electron chi connectivity index (χ1n) is 13.1. The Labute approximate surface area is 227 Å². The second-order valence-corrected chi connectivity index (χ2v) is 10.3. The molecule has 208 valence electrons. The number of amides is 2. The molecule has 2 amide bonds. The third-order valence-corrected chi connectivity index (χ3v) is 5.86. The summed E-state index contributed by atoms with van der Waals surface area (Å²) in [5.41, 5.74) is 1.63. The van der Waals surface area contributed by atoms with Gasteiger partial charge in [0.15, 0.2) is 0 Å². The molecule has 3 aromatic rings. The van der Waals surface area contributed by atoms with Gasteiger partial charge in [-0.3, -0.25) is 9.59 Å². The smallest absolute Gasteiger partial charge is 0.437 e. The highest BCUT2D eigenvalue weighted by atomic mass is 16.5. The molecule has 1 heterocycles. The molecule has 0 bridgehead atoms. The second kappa shape index (κ2) is 14.1. The minimum absolute atomic E-state index is 0.0322. The van der Waals surface area contributed by atoms with Gasteiger partial charge < -0.3 is 19.8 Å². The number of carbonyl (C=O) groups is 3. The van der Waals surface area contributed by atoms with Crippen LogP contribution >= 0.6 is 0 Å². The summed E-state index contributed by atoms with van der Waals surface area (Å²) in [5.74, 6) is -2.19. The third-order valence-electron chi connectivity index (χ3n) is 5.86. The van der Waals surface area contributed by atoms with Crippen LogP contribution in [0.1, 0.15) is 62.3 Å². The Balaban J connectivity index is 1.71. The SMILES string of the molecule is CC(C)C[C@H](NC(=O)OCc1ccccc1)C(=O)N[C@@H](CC(C)C)C(=O)c1nn(Cc2ccccc2)c(=O)o1. The molecule has 0 saturated carbocycles. The minimum atomic E-state index is -1.00. The van der Waals surface area contributed by atoms with Gasteiger partial charge in [-0.25, -0.2) is 9.59 Å². The Morgan fingerprint density at radius 2 is 1.41 bits per heavy atom. The summed E-state index contributed by atoms with van der Waals surface area (Å²) < 4.78 is 11.5. The van der Waals surface area contributed by atoms with Crippen molar-refractivity contribution in [2.45, 2.75) is 65.8 Å². The average Bonchev–Trinajstić information content (AvgIpc) is 3.26. The van der Waals surface area contributed by atoms with E-state index in [1.54, 1.807) is 0 Å². The number of nitrogens with one attached hydrogen (secondary N) is 2. The molecular weight excluding hydrogens is 500 g/mol. The monoisotopic (exact) mass is 536 g/mol. The highest BCUT2D eigenvalue weighted by Crippen LogP contribution is 2.13. The molecule has 0 unspecified atom stereocenters. The molecule has 39 heavy (non-hydrogen) atoms. The summed E-state index contributed by atoms with van der Waals surface area (Å²) >= 11 is 0. The maximum Gasteiger partial charge on any atom is 0.437 e. The summed E-state index contributed by atoms with van der Waals surface area (Å²) in [6.45, 7) is 7.85. The van der Waals surface area contributed by atoms with Crippen molar-refractivity contribution >= 4 is 17.8 Å². The van der Waals surface area contributed by atoms with E-state index in [2.05, 4.69) is 15.7 Å². The topological polar surface area (TPSA) is 133 Å². The van der Waals surface area contributed by atoms with E-state index < -0.39 is 35.6 Å². The second-order valence-electron chi connectivity index (χ2n) is 10.3. The Morgan fingerprint density at radius 3 is 2.00 bits per heavy atom. The number of benzene rings is 2. The number of alkyl carbamates (subject to hydrolysis) is 1. The normalized spacial score (nSPS) is 12.7. The molecule has 0 aliphatic rings. The van der Waals surface area contributed by atoms with Gasteiger partial charge in [-0.05, 0) is 35.8 Å². The molecule has 0 aliphatic heterocycles. The predicted molar refractivity (Wildman–Crippen MR) is 145 cm³/mol. The van der Waals surface area contributed by atoms with Crippen molar-refractivity contribution in [3.63, 3.8) is 0 Å². The molecule has 10 nitrogen and oxygen atoms in total. The Morgan fingerprint density at radius 1 is 0.846 bits per heavy atom. The van der Waals surface area contributed by atoms with Crippen molar-refractivity contribution in [3.8, 4) is 0 Å². The molecule has 0 aliphatic carbocycles. The fourth-order valence-corrected chi connectivity index (χ4v) is 4.00. The summed E-state index contributed by atoms with van der Waals surface area (Å²) in [7, 11) is 0. The highest BCUT2D eigenvalue weighted by Gasteiger charge is 2.31. The Kier molecular flexibility index (Phi) is 10.6. The van der Waals surface area contributed by atoms with Crippen LogP contribution in [0.5, 0.6) is 0 Å². The van der Waals surface area contributed by atoms with Gasteiger partial charge in [0.05, 0.1) is 12.6 Å². The molecule has 0 spiro atoms. The van der Waals surface area contributed by atoms with Gasteiger partial charge >= 0.3 is 11.8 Å². The van der Waals surface area contributed by atoms with Gasteiger partial charge in [0.1, 0.15) is 12.6 Å². The molecule has 1 aromatic heterocycles. The van der Waals surface area contributed by atoms with Gasteiger partial charge in [0, 0.05) is 0 Å². The van der Waals surface area contributed by atoms with Crippen molar-refractivity contribution in [2.24, 2.45) is 11.8 Å². The number of aromatic nitrogens is 2. The number of rotatable bonds is 13. The van der Waals surface area contributed by atoms with Crippen molar-refractivity contribution in [3.05, 3.63) is 88.2 Å². The van der Waals surface area contributed by atoms with E-state index in [1.165, 1.54) is 0 Å². The van der Waals surface area contributed by atoms with E-state index in [0.29, 0.717) is 6.42 Å². The largest absolute Gasteiger partial charge is 0.445 e. The van der Waals surface area contributed by atoms with E-state index in [1.807, 2.05) is 88.4 Å². The number of ether oxygens (including phenoxy) is 1. The van der Waals surface area contributed by atoms with Crippen molar-refractivity contribution < 1.29 is 23.5 Å². The van der Waals surface area contributed by atoms with Crippen molar-refractivity contribution in [1.29, 1.82) is 0 Å². The van der Waals surface area contributed by atoms with Gasteiger partial charge in [0.25, 0.3) is 5.89 Å². The van der Waals surface area contributed by atoms with Crippen molar-refractivity contribution in [2.75, 3.05) is 0 Å². The lowest BCUT2D eigenvalue weighted by Crippen LogP contribution is -2.52. The first-order valence-corrected chi connectivity index (χ1v) is 13.1. The van der Waals surface area contributed by atoms with Crippen LogP contribution in [0.15, 0.2) is 69.9 Å². The quantitative estimate of drug-likeness (QED) is 0.316. The van der Waals surface area contributed by atoms with Crippen LogP contribution in [-0.4, -0.2) is 39.6 Å². The van der Waals surface area contributed by atoms with Gasteiger partial charge in [-0.15, -0.1) is 5.10 Å². The first kappa shape index (κ1) is 29.3. The first-order chi connectivity index (χ1) is 18.6.